The molecule has 1 aliphatic carbocycles. The van der Waals surface area contributed by atoms with Crippen molar-refractivity contribution in [3.8, 4) is 5.75 Å². The van der Waals surface area contributed by atoms with Gasteiger partial charge in [-0.25, -0.2) is 4.79 Å². The van der Waals surface area contributed by atoms with E-state index in [4.69, 9.17) is 14.2 Å². The molecule has 0 bridgehead atoms. The molecule has 1 amide bonds. The average Bonchev–Trinajstić information content (AvgIpc) is 2.70. The van der Waals surface area contributed by atoms with Crippen LogP contribution in [0.1, 0.15) is 91.5 Å². The Hall–Kier alpha value is -1.75. The predicted octanol–water partition coefficient (Wildman–Crippen LogP) is 6.66. The van der Waals surface area contributed by atoms with Crippen LogP contribution in [0.15, 0.2) is 24.3 Å². The zero-order valence-electron chi connectivity index (χ0n) is 20.4. The van der Waals surface area contributed by atoms with Crippen LogP contribution in [0.4, 0.5) is 4.79 Å². The third-order valence-electron chi connectivity index (χ3n) is 5.84. The smallest absolute Gasteiger partial charge is 0.407 e. The van der Waals surface area contributed by atoms with E-state index in [9.17, 15) is 4.79 Å². The number of carbonyl (C=O) groups excluding carboxylic acids is 1. The molecule has 1 saturated carbocycles. The van der Waals surface area contributed by atoms with Crippen molar-refractivity contribution in [3.05, 3.63) is 29.8 Å². The first-order valence-electron chi connectivity index (χ1n) is 12.0. The van der Waals surface area contributed by atoms with Gasteiger partial charge in [-0.1, -0.05) is 66.0 Å². The molecule has 2 atom stereocenters. The minimum atomic E-state index is -0.411. The van der Waals surface area contributed by atoms with E-state index in [2.05, 4.69) is 52.1 Å². The van der Waals surface area contributed by atoms with Crippen LogP contribution in [0.3, 0.4) is 0 Å². The first-order chi connectivity index (χ1) is 14.6. The number of carbonyl (C=O) groups is 1. The molecule has 5 nitrogen and oxygen atoms in total. The van der Waals surface area contributed by atoms with Crippen molar-refractivity contribution in [1.29, 1.82) is 0 Å². The fourth-order valence-electron chi connectivity index (χ4n) is 4.22. The number of alkyl carbamates (subject to hydrolysis) is 1. The number of hydrogen-bond donors (Lipinski definition) is 1. The van der Waals surface area contributed by atoms with Gasteiger partial charge in [0.2, 0.25) is 0 Å². The van der Waals surface area contributed by atoms with Gasteiger partial charge in [0.05, 0.1) is 6.61 Å². The van der Waals surface area contributed by atoms with Crippen LogP contribution in [0.25, 0.3) is 0 Å². The van der Waals surface area contributed by atoms with E-state index >= 15 is 0 Å². The van der Waals surface area contributed by atoms with Crippen LogP contribution in [-0.4, -0.2) is 31.6 Å². The molecule has 5 heteroatoms. The molecule has 0 saturated heterocycles. The highest BCUT2D eigenvalue weighted by Crippen LogP contribution is 2.36. The zero-order chi connectivity index (χ0) is 22.9. The number of ether oxygens (including phenoxy) is 3. The Morgan fingerprint density at radius 2 is 1.68 bits per heavy atom. The van der Waals surface area contributed by atoms with Crippen LogP contribution < -0.4 is 10.1 Å². The highest BCUT2D eigenvalue weighted by atomic mass is 16.7. The molecule has 1 aromatic carbocycles. The van der Waals surface area contributed by atoms with Gasteiger partial charge in [0, 0.05) is 6.04 Å². The standard InChI is InChI=1S/C26H43NO4/c1-19(2)24(18-26(4,5)6)21-12-14-23(15-13-21)31-20(3)29-16-17-30-25(28)27-22-10-8-7-9-11-22/h12-15,19-20,22,24H,7-11,16-18H2,1-6H3,(H,27,28). The van der Waals surface area contributed by atoms with Crippen molar-refractivity contribution in [2.75, 3.05) is 13.2 Å². The predicted molar refractivity (Wildman–Crippen MR) is 125 cm³/mol. The summed E-state index contributed by atoms with van der Waals surface area (Å²) in [5.74, 6) is 1.90. The number of benzene rings is 1. The molecule has 1 N–H and O–H groups in total. The lowest BCUT2D eigenvalue weighted by atomic mass is 9.76. The average molecular weight is 434 g/mol. The van der Waals surface area contributed by atoms with Crippen molar-refractivity contribution in [2.24, 2.45) is 11.3 Å². The van der Waals surface area contributed by atoms with Gasteiger partial charge < -0.3 is 19.5 Å². The normalized spacial score (nSPS) is 17.3. The van der Waals surface area contributed by atoms with E-state index in [0.717, 1.165) is 25.0 Å². The number of rotatable bonds is 10. The fourth-order valence-corrected chi connectivity index (χ4v) is 4.22. The second-order valence-electron chi connectivity index (χ2n) is 10.4. The lowest BCUT2D eigenvalue weighted by Gasteiger charge is -2.29. The summed E-state index contributed by atoms with van der Waals surface area (Å²) in [5.41, 5.74) is 1.64. The Morgan fingerprint density at radius 3 is 2.26 bits per heavy atom. The van der Waals surface area contributed by atoms with Gasteiger partial charge >= 0.3 is 6.09 Å². The van der Waals surface area contributed by atoms with Crippen LogP contribution in [-0.2, 0) is 9.47 Å². The third kappa shape index (κ3) is 9.94. The molecule has 176 valence electrons. The van der Waals surface area contributed by atoms with Crippen LogP contribution in [0.5, 0.6) is 5.75 Å². The molecule has 0 spiro atoms. The Morgan fingerprint density at radius 1 is 1.03 bits per heavy atom. The summed E-state index contributed by atoms with van der Waals surface area (Å²) in [7, 11) is 0. The fraction of sp³-hybridized carbons (Fsp3) is 0.731. The molecule has 1 aromatic rings. The Kier molecular flexibility index (Phi) is 10.1. The molecule has 1 aliphatic rings. The summed E-state index contributed by atoms with van der Waals surface area (Å²) in [6.07, 6.45) is 6.10. The van der Waals surface area contributed by atoms with E-state index < -0.39 is 6.29 Å². The summed E-state index contributed by atoms with van der Waals surface area (Å²) in [5, 5.41) is 2.93. The quantitative estimate of drug-likeness (QED) is 0.331. The summed E-state index contributed by atoms with van der Waals surface area (Å²) in [6.45, 7) is 13.8. The Bertz CT molecular complexity index is 644. The van der Waals surface area contributed by atoms with Crippen LogP contribution in [0, 0.1) is 11.3 Å². The number of amides is 1. The van der Waals surface area contributed by atoms with Crippen molar-refractivity contribution in [3.63, 3.8) is 0 Å². The maximum absolute atomic E-state index is 11.8. The van der Waals surface area contributed by atoms with Crippen molar-refractivity contribution < 1.29 is 19.0 Å². The summed E-state index contributed by atoms with van der Waals surface area (Å²) in [6, 6.07) is 8.61. The van der Waals surface area contributed by atoms with E-state index in [-0.39, 0.29) is 18.7 Å². The summed E-state index contributed by atoms with van der Waals surface area (Å²) >= 11 is 0. The molecule has 0 heterocycles. The molecule has 0 radical (unpaired) electrons. The molecule has 31 heavy (non-hydrogen) atoms. The number of hydrogen-bond acceptors (Lipinski definition) is 4. The van der Waals surface area contributed by atoms with Gasteiger partial charge in [0.1, 0.15) is 12.4 Å². The second-order valence-corrected chi connectivity index (χ2v) is 10.4. The summed E-state index contributed by atoms with van der Waals surface area (Å²) in [4.78, 5) is 11.8. The summed E-state index contributed by atoms with van der Waals surface area (Å²) < 4.78 is 16.7. The zero-order valence-corrected chi connectivity index (χ0v) is 20.4. The van der Waals surface area contributed by atoms with Gasteiger partial charge in [-0.05, 0) is 61.1 Å². The maximum atomic E-state index is 11.8. The van der Waals surface area contributed by atoms with Gasteiger partial charge in [0.15, 0.2) is 6.29 Å². The number of nitrogens with one attached hydrogen (secondary N) is 1. The van der Waals surface area contributed by atoms with Gasteiger partial charge in [0.25, 0.3) is 0 Å². The second kappa shape index (κ2) is 12.3. The van der Waals surface area contributed by atoms with Crippen molar-refractivity contribution >= 4 is 6.09 Å². The molecule has 2 unspecified atom stereocenters. The minimum absolute atomic E-state index is 0.216. The first kappa shape index (κ1) is 25.5. The van der Waals surface area contributed by atoms with E-state index in [1.165, 1.54) is 24.8 Å². The molecular formula is C26H43NO4. The first-order valence-corrected chi connectivity index (χ1v) is 12.0. The van der Waals surface area contributed by atoms with Crippen molar-refractivity contribution in [1.82, 2.24) is 5.32 Å². The van der Waals surface area contributed by atoms with Crippen molar-refractivity contribution in [2.45, 2.75) is 98.3 Å². The third-order valence-corrected chi connectivity index (χ3v) is 5.84. The Labute approximate surface area is 189 Å². The van der Waals surface area contributed by atoms with Crippen LogP contribution >= 0.6 is 0 Å². The molecule has 1 fully saturated rings. The molecular weight excluding hydrogens is 390 g/mol. The monoisotopic (exact) mass is 433 g/mol. The highest BCUT2D eigenvalue weighted by molar-refractivity contribution is 5.67. The molecule has 0 aromatic heterocycles. The van der Waals surface area contributed by atoms with E-state index in [1.807, 2.05) is 19.1 Å². The largest absolute Gasteiger partial charge is 0.465 e. The highest BCUT2D eigenvalue weighted by Gasteiger charge is 2.23. The Balaban J connectivity index is 1.70. The van der Waals surface area contributed by atoms with E-state index in [1.54, 1.807) is 0 Å². The van der Waals surface area contributed by atoms with Crippen LogP contribution in [0.2, 0.25) is 0 Å². The maximum Gasteiger partial charge on any atom is 0.407 e. The lowest BCUT2D eigenvalue weighted by Crippen LogP contribution is -2.37. The van der Waals surface area contributed by atoms with Gasteiger partial charge in [-0.3, -0.25) is 0 Å². The SMILES string of the molecule is CC(OCCOC(=O)NC1CCCCC1)Oc1ccc(C(CC(C)(C)C)C(C)C)cc1. The van der Waals surface area contributed by atoms with Gasteiger partial charge in [-0.2, -0.15) is 0 Å². The topological polar surface area (TPSA) is 56.8 Å². The molecule has 2 rings (SSSR count). The van der Waals surface area contributed by atoms with Gasteiger partial charge in [-0.15, -0.1) is 0 Å². The molecule has 0 aliphatic heterocycles. The van der Waals surface area contributed by atoms with E-state index in [0.29, 0.717) is 23.9 Å². The lowest BCUT2D eigenvalue weighted by molar-refractivity contribution is -0.0771. The minimum Gasteiger partial charge on any atom is -0.465 e.